The van der Waals surface area contributed by atoms with Gasteiger partial charge in [0, 0.05) is 30.6 Å². The largest absolute Gasteiger partial charge is 0.292 e. The number of hydrogen-bond donors (Lipinski definition) is 0. The Kier molecular flexibility index (Phi) is 6.49. The summed E-state index contributed by atoms with van der Waals surface area (Å²) in [7, 11) is 0. The summed E-state index contributed by atoms with van der Waals surface area (Å²) in [6, 6.07) is 22.1. The van der Waals surface area contributed by atoms with Gasteiger partial charge in [0.05, 0.1) is 0 Å². The maximum absolute atomic E-state index is 8.52. The van der Waals surface area contributed by atoms with Crippen LogP contribution in [0, 0.1) is 5.92 Å². The van der Waals surface area contributed by atoms with Gasteiger partial charge in [0.25, 0.3) is 0 Å². The second-order valence-corrected chi connectivity index (χ2v) is 6.96. The van der Waals surface area contributed by atoms with E-state index in [1.807, 2.05) is 0 Å². The van der Waals surface area contributed by atoms with Crippen LogP contribution in [0.1, 0.15) is 36.8 Å². The molecule has 1 saturated carbocycles. The molecule has 1 aliphatic rings. The molecule has 4 heteroatoms. The summed E-state index contributed by atoms with van der Waals surface area (Å²) >= 11 is 0. The van der Waals surface area contributed by atoms with Crippen molar-refractivity contribution in [1.82, 2.24) is 4.90 Å². The van der Waals surface area contributed by atoms with Gasteiger partial charge >= 0.3 is 0 Å². The number of rotatable bonds is 7. The fourth-order valence-corrected chi connectivity index (χ4v) is 3.79. The molecule has 0 radical (unpaired) electrons. The van der Waals surface area contributed by atoms with Crippen molar-refractivity contribution < 1.29 is 0 Å². The molecule has 0 bridgehead atoms. The Morgan fingerprint density at radius 2 is 1.36 bits per heavy atom. The molecule has 0 saturated heterocycles. The van der Waals surface area contributed by atoms with E-state index in [1.54, 1.807) is 0 Å². The minimum atomic E-state index is 0.558. The molecule has 0 aromatic heterocycles. The molecule has 0 spiro atoms. The summed E-state index contributed by atoms with van der Waals surface area (Å²) in [6.07, 6.45) is 4.68. The van der Waals surface area contributed by atoms with Crippen molar-refractivity contribution in [2.75, 3.05) is 6.54 Å². The Morgan fingerprint density at radius 1 is 0.840 bits per heavy atom. The van der Waals surface area contributed by atoms with Crippen LogP contribution in [0.4, 0.5) is 0 Å². The van der Waals surface area contributed by atoms with Crippen molar-refractivity contribution in [2.24, 2.45) is 11.0 Å². The molecular weight excluding hydrogens is 308 g/mol. The lowest BCUT2D eigenvalue weighted by molar-refractivity contribution is 0.123. The van der Waals surface area contributed by atoms with E-state index in [2.05, 4.69) is 75.6 Å². The van der Waals surface area contributed by atoms with Gasteiger partial charge in [-0.2, -0.15) is 0 Å². The maximum atomic E-state index is 8.52. The molecule has 0 N–H and O–H groups in total. The molecule has 0 heterocycles. The molecule has 25 heavy (non-hydrogen) atoms. The van der Waals surface area contributed by atoms with Crippen LogP contribution < -0.4 is 0 Å². The summed E-state index contributed by atoms with van der Waals surface area (Å²) in [6.45, 7) is 2.63. The van der Waals surface area contributed by atoms with Crippen LogP contribution in [0.3, 0.4) is 0 Å². The third kappa shape index (κ3) is 5.35. The van der Waals surface area contributed by atoms with Gasteiger partial charge in [-0.15, -0.1) is 0 Å². The SMILES string of the molecule is [N-]=[N+]=NCC1CCC(N(Cc2ccccc2)Cc2ccccc2)CC1. The van der Waals surface area contributed by atoms with E-state index in [0.29, 0.717) is 18.5 Å². The monoisotopic (exact) mass is 334 g/mol. The van der Waals surface area contributed by atoms with Crippen LogP contribution in [0.5, 0.6) is 0 Å². The van der Waals surface area contributed by atoms with Gasteiger partial charge in [0.1, 0.15) is 0 Å². The molecule has 0 amide bonds. The lowest BCUT2D eigenvalue weighted by Gasteiger charge is -2.37. The predicted octanol–water partition coefficient (Wildman–Crippen LogP) is 5.56. The van der Waals surface area contributed by atoms with Crippen molar-refractivity contribution in [3.05, 3.63) is 82.2 Å². The van der Waals surface area contributed by atoms with Gasteiger partial charge in [-0.05, 0) is 48.3 Å². The van der Waals surface area contributed by atoms with E-state index < -0.39 is 0 Å². The van der Waals surface area contributed by atoms with E-state index in [1.165, 1.54) is 24.0 Å². The second kappa shape index (κ2) is 9.26. The summed E-state index contributed by atoms with van der Waals surface area (Å²) in [4.78, 5) is 5.53. The van der Waals surface area contributed by atoms with Crippen molar-refractivity contribution in [3.63, 3.8) is 0 Å². The molecule has 1 fully saturated rings. The molecule has 4 nitrogen and oxygen atoms in total. The molecule has 0 unspecified atom stereocenters. The maximum Gasteiger partial charge on any atom is 0.0286 e. The average molecular weight is 334 g/mol. The van der Waals surface area contributed by atoms with Gasteiger partial charge in [0.15, 0.2) is 0 Å². The highest BCUT2D eigenvalue weighted by molar-refractivity contribution is 5.17. The Balaban J connectivity index is 1.67. The highest BCUT2D eigenvalue weighted by Crippen LogP contribution is 2.29. The fraction of sp³-hybridized carbons (Fsp3) is 0.429. The first-order chi connectivity index (χ1) is 12.3. The summed E-state index contributed by atoms with van der Waals surface area (Å²) in [5, 5.41) is 3.77. The van der Waals surface area contributed by atoms with Crippen LogP contribution in [0.2, 0.25) is 0 Å². The summed E-state index contributed by atoms with van der Waals surface area (Å²) in [5.41, 5.74) is 11.3. The Bertz CT molecular complexity index is 630. The second-order valence-electron chi connectivity index (χ2n) is 6.96. The zero-order valence-electron chi connectivity index (χ0n) is 14.7. The van der Waals surface area contributed by atoms with Gasteiger partial charge in [-0.3, -0.25) is 4.90 Å². The highest BCUT2D eigenvalue weighted by Gasteiger charge is 2.25. The zero-order valence-corrected chi connectivity index (χ0v) is 14.7. The average Bonchev–Trinajstić information content (AvgIpc) is 2.68. The van der Waals surface area contributed by atoms with Gasteiger partial charge in [-0.25, -0.2) is 0 Å². The van der Waals surface area contributed by atoms with Crippen LogP contribution >= 0.6 is 0 Å². The number of hydrogen-bond acceptors (Lipinski definition) is 2. The minimum Gasteiger partial charge on any atom is -0.292 e. The van der Waals surface area contributed by atoms with E-state index in [-0.39, 0.29) is 0 Å². The summed E-state index contributed by atoms with van der Waals surface area (Å²) < 4.78 is 0. The van der Waals surface area contributed by atoms with Crippen LogP contribution in [-0.2, 0) is 13.1 Å². The first-order valence-electron chi connectivity index (χ1n) is 9.18. The van der Waals surface area contributed by atoms with Crippen LogP contribution in [0.15, 0.2) is 65.8 Å². The first kappa shape index (κ1) is 17.5. The van der Waals surface area contributed by atoms with E-state index in [0.717, 1.165) is 25.9 Å². The van der Waals surface area contributed by atoms with Gasteiger partial charge in [-0.1, -0.05) is 65.8 Å². The quantitative estimate of drug-likeness (QED) is 0.371. The number of azide groups is 1. The van der Waals surface area contributed by atoms with Gasteiger partial charge < -0.3 is 0 Å². The smallest absolute Gasteiger partial charge is 0.0286 e. The van der Waals surface area contributed by atoms with Crippen molar-refractivity contribution in [1.29, 1.82) is 0 Å². The fourth-order valence-electron chi connectivity index (χ4n) is 3.79. The number of benzene rings is 2. The Labute approximate surface area is 150 Å². The highest BCUT2D eigenvalue weighted by atomic mass is 15.2. The molecule has 130 valence electrons. The topological polar surface area (TPSA) is 52.0 Å². The van der Waals surface area contributed by atoms with Crippen molar-refractivity contribution in [3.8, 4) is 0 Å². The minimum absolute atomic E-state index is 0.558. The lowest BCUT2D eigenvalue weighted by Crippen LogP contribution is -2.37. The summed E-state index contributed by atoms with van der Waals surface area (Å²) in [5.74, 6) is 0.558. The van der Waals surface area contributed by atoms with E-state index in [4.69, 9.17) is 5.53 Å². The Hall–Kier alpha value is -2.29. The van der Waals surface area contributed by atoms with Crippen molar-refractivity contribution >= 4 is 0 Å². The molecule has 2 aromatic rings. The Morgan fingerprint density at radius 3 is 1.84 bits per heavy atom. The molecule has 3 rings (SSSR count). The van der Waals surface area contributed by atoms with E-state index in [9.17, 15) is 0 Å². The van der Waals surface area contributed by atoms with Gasteiger partial charge in [0.2, 0.25) is 0 Å². The first-order valence-corrected chi connectivity index (χ1v) is 9.18. The van der Waals surface area contributed by atoms with E-state index >= 15 is 0 Å². The molecule has 0 aliphatic heterocycles. The molecule has 2 aromatic carbocycles. The normalized spacial score (nSPS) is 20.2. The molecule has 1 aliphatic carbocycles. The predicted molar refractivity (Wildman–Crippen MR) is 102 cm³/mol. The molecule has 0 atom stereocenters. The third-order valence-corrected chi connectivity index (χ3v) is 5.19. The third-order valence-electron chi connectivity index (χ3n) is 5.19. The standard InChI is InChI=1S/C21H26N4/c22-24-23-15-18-11-13-21(14-12-18)25(16-19-7-3-1-4-8-19)17-20-9-5-2-6-10-20/h1-10,18,21H,11-17H2. The van der Waals surface area contributed by atoms with Crippen molar-refractivity contribution in [2.45, 2.75) is 44.8 Å². The van der Waals surface area contributed by atoms with Crippen LogP contribution in [0.25, 0.3) is 10.4 Å². The molecular formula is C21H26N4. The number of nitrogens with zero attached hydrogens (tertiary/aromatic N) is 4. The van der Waals surface area contributed by atoms with Crippen LogP contribution in [-0.4, -0.2) is 17.5 Å². The zero-order chi connectivity index (χ0) is 17.3. The lowest BCUT2D eigenvalue weighted by atomic mass is 9.85.